The zero-order valence-corrected chi connectivity index (χ0v) is 6.97. The van der Waals surface area contributed by atoms with Crippen LogP contribution in [0, 0.1) is 4.91 Å². The van der Waals surface area contributed by atoms with Gasteiger partial charge in [0.2, 0.25) is 5.52 Å². The first-order valence-electron chi connectivity index (χ1n) is 3.76. The first-order valence-corrected chi connectivity index (χ1v) is 3.76. The topological polar surface area (TPSA) is 63.9 Å². The van der Waals surface area contributed by atoms with Crippen molar-refractivity contribution in [1.29, 1.82) is 0 Å². The van der Waals surface area contributed by atoms with Gasteiger partial charge in [0.05, 0.1) is 17.0 Å². The molecule has 0 spiro atoms. The lowest BCUT2D eigenvalue weighted by atomic mass is 10.2. The molecule has 0 saturated carbocycles. The van der Waals surface area contributed by atoms with Gasteiger partial charge in [-0.1, -0.05) is 12.1 Å². The van der Waals surface area contributed by atoms with E-state index in [1.165, 1.54) is 7.05 Å². The third-order valence-electron chi connectivity index (χ3n) is 1.84. The van der Waals surface area contributed by atoms with Crippen LogP contribution >= 0.6 is 0 Å². The predicted octanol–water partition coefficient (Wildman–Crippen LogP) is -0.439. The molecule has 1 heterocycles. The number of rotatable bonds is 0. The fourth-order valence-electron chi connectivity index (χ4n) is 1.20. The van der Waals surface area contributed by atoms with Gasteiger partial charge in [0.15, 0.2) is 0 Å². The third-order valence-corrected chi connectivity index (χ3v) is 1.84. The van der Waals surface area contributed by atoms with Gasteiger partial charge in [-0.25, -0.2) is 0 Å². The molecule has 0 aliphatic heterocycles. The van der Waals surface area contributed by atoms with Crippen LogP contribution in [0.3, 0.4) is 0 Å². The highest BCUT2D eigenvalue weighted by atomic mass is 16.3. The first kappa shape index (κ1) is 7.72. The van der Waals surface area contributed by atoms with E-state index in [0.29, 0.717) is 15.4 Å². The van der Waals surface area contributed by atoms with E-state index < -0.39 is 0 Å². The summed E-state index contributed by atoms with van der Waals surface area (Å²) >= 11 is 0. The molecule has 0 aliphatic carbocycles. The molecule has 1 aromatic heterocycles. The van der Waals surface area contributed by atoms with Crippen molar-refractivity contribution >= 4 is 10.9 Å². The summed E-state index contributed by atoms with van der Waals surface area (Å²) in [6.45, 7) is 0. The second-order valence-corrected chi connectivity index (χ2v) is 2.68. The summed E-state index contributed by atoms with van der Waals surface area (Å²) in [6, 6.07) is 6.58. The van der Waals surface area contributed by atoms with Crippen molar-refractivity contribution in [2.24, 2.45) is 7.05 Å². The van der Waals surface area contributed by atoms with Gasteiger partial charge in [0.1, 0.15) is 5.88 Å². The average molecular weight is 177 g/mol. The Bertz CT molecular complexity index is 518. The van der Waals surface area contributed by atoms with Crippen molar-refractivity contribution in [3.8, 4) is 5.88 Å². The van der Waals surface area contributed by atoms with Gasteiger partial charge in [0, 0.05) is 5.10 Å². The SMILES string of the molecule is Cn1nc([O-])c2ccccc2[n+]1=O. The Hall–Kier alpha value is -1.91. The molecule has 0 bridgehead atoms. The number of aromatic nitrogens is 3. The number of benzene rings is 1. The number of fused-ring (bicyclic) bond motifs is 1. The maximum Gasteiger partial charge on any atom is 0.211 e. The summed E-state index contributed by atoms with van der Waals surface area (Å²) in [4.78, 5) is 12.3. The van der Waals surface area contributed by atoms with E-state index in [0.717, 1.165) is 4.80 Å². The Labute approximate surface area is 73.4 Å². The molecule has 0 fully saturated rings. The molecule has 0 atom stereocenters. The van der Waals surface area contributed by atoms with Gasteiger partial charge < -0.3 is 5.11 Å². The zero-order chi connectivity index (χ0) is 9.42. The number of para-hydroxylation sites is 1. The zero-order valence-electron chi connectivity index (χ0n) is 6.97. The highest BCUT2D eigenvalue weighted by Crippen LogP contribution is 2.13. The molecule has 66 valence electrons. The Kier molecular flexibility index (Phi) is 1.51. The van der Waals surface area contributed by atoms with E-state index in [4.69, 9.17) is 0 Å². The Balaban J connectivity index is 3.06. The molecule has 0 aliphatic rings. The average Bonchev–Trinajstić information content (AvgIpc) is 2.15. The van der Waals surface area contributed by atoms with Gasteiger partial charge >= 0.3 is 0 Å². The summed E-state index contributed by atoms with van der Waals surface area (Å²) in [5.41, 5.74) is 0.338. The highest BCUT2D eigenvalue weighted by Gasteiger charge is 2.07. The molecular weight excluding hydrogens is 170 g/mol. The standard InChI is InChI=1S/C8H7N3O2/c1-10-9-8(12)6-4-2-3-5-7(6)11(10)13/h2-5H,1H3. The van der Waals surface area contributed by atoms with Gasteiger partial charge in [-0.2, -0.15) is 0 Å². The molecule has 0 saturated heterocycles. The maximum absolute atomic E-state index is 11.4. The Morgan fingerprint density at radius 3 is 2.92 bits per heavy atom. The van der Waals surface area contributed by atoms with E-state index >= 15 is 0 Å². The second kappa shape index (κ2) is 2.55. The number of nitrogens with zero attached hydrogens (tertiary/aromatic N) is 3. The lowest BCUT2D eigenvalue weighted by Gasteiger charge is -2.00. The Morgan fingerprint density at radius 1 is 1.46 bits per heavy atom. The van der Waals surface area contributed by atoms with Crippen LogP contribution in [0.15, 0.2) is 24.3 Å². The molecule has 0 N–H and O–H groups in total. The minimum atomic E-state index is -0.384. The number of hydrogen-bond donors (Lipinski definition) is 0. The van der Waals surface area contributed by atoms with Gasteiger partial charge in [0.25, 0.3) is 0 Å². The van der Waals surface area contributed by atoms with E-state index in [9.17, 15) is 10.0 Å². The molecule has 1 aromatic carbocycles. The van der Waals surface area contributed by atoms with Crippen molar-refractivity contribution in [2.75, 3.05) is 0 Å². The van der Waals surface area contributed by atoms with Crippen molar-refractivity contribution in [3.63, 3.8) is 0 Å². The fourth-order valence-corrected chi connectivity index (χ4v) is 1.20. The molecule has 2 rings (SSSR count). The van der Waals surface area contributed by atoms with Crippen LogP contribution in [0.4, 0.5) is 0 Å². The van der Waals surface area contributed by atoms with Crippen LogP contribution < -0.4 is 9.65 Å². The molecule has 0 radical (unpaired) electrons. The number of hydrogen-bond acceptors (Lipinski definition) is 3. The van der Waals surface area contributed by atoms with Crippen LogP contribution in [0.1, 0.15) is 0 Å². The summed E-state index contributed by atoms with van der Waals surface area (Å²) in [6.07, 6.45) is 0. The van der Waals surface area contributed by atoms with Crippen molar-refractivity contribution in [3.05, 3.63) is 29.2 Å². The van der Waals surface area contributed by atoms with Crippen LogP contribution in [-0.2, 0) is 7.05 Å². The highest BCUT2D eigenvalue weighted by molar-refractivity contribution is 5.79. The summed E-state index contributed by atoms with van der Waals surface area (Å²) < 4.78 is 0.580. The molecule has 2 aromatic rings. The van der Waals surface area contributed by atoms with Crippen LogP contribution in [-0.4, -0.2) is 9.90 Å². The molecule has 5 heteroatoms. The summed E-state index contributed by atoms with van der Waals surface area (Å²) in [5, 5.41) is 15.1. The largest absolute Gasteiger partial charge is 0.837 e. The molecular formula is C8H7N3O2. The van der Waals surface area contributed by atoms with Gasteiger partial charge in [-0.05, 0) is 21.8 Å². The van der Waals surface area contributed by atoms with E-state index in [1.54, 1.807) is 24.3 Å². The normalized spacial score (nSPS) is 10.5. The van der Waals surface area contributed by atoms with Crippen LogP contribution in [0.2, 0.25) is 0 Å². The summed E-state index contributed by atoms with van der Waals surface area (Å²) in [7, 11) is 1.43. The van der Waals surface area contributed by atoms with E-state index in [2.05, 4.69) is 5.10 Å². The molecule has 0 unspecified atom stereocenters. The molecule has 5 nitrogen and oxygen atoms in total. The van der Waals surface area contributed by atoms with E-state index in [-0.39, 0.29) is 5.88 Å². The van der Waals surface area contributed by atoms with Crippen LogP contribution in [0.5, 0.6) is 5.88 Å². The maximum atomic E-state index is 11.4. The Morgan fingerprint density at radius 2 is 2.15 bits per heavy atom. The molecule has 0 amide bonds. The van der Waals surface area contributed by atoms with Gasteiger partial charge in [-0.15, -0.1) is 0 Å². The minimum Gasteiger partial charge on any atom is -0.837 e. The first-order chi connectivity index (χ1) is 6.20. The monoisotopic (exact) mass is 177 g/mol. The van der Waals surface area contributed by atoms with Crippen molar-refractivity contribution < 1.29 is 9.65 Å². The smallest absolute Gasteiger partial charge is 0.211 e. The fraction of sp³-hybridized carbons (Fsp3) is 0.125. The lowest BCUT2D eigenvalue weighted by Crippen LogP contribution is -2.32. The van der Waals surface area contributed by atoms with Crippen LogP contribution in [0.25, 0.3) is 10.9 Å². The number of aryl methyl sites for hydroxylation is 1. The van der Waals surface area contributed by atoms with Crippen molar-refractivity contribution in [1.82, 2.24) is 9.90 Å². The lowest BCUT2D eigenvalue weighted by molar-refractivity contribution is -0.578. The predicted molar refractivity (Wildman–Crippen MR) is 43.5 cm³/mol. The second-order valence-electron chi connectivity index (χ2n) is 2.68. The quantitative estimate of drug-likeness (QED) is 0.512. The molecule has 13 heavy (non-hydrogen) atoms. The van der Waals surface area contributed by atoms with E-state index in [1.807, 2.05) is 0 Å². The van der Waals surface area contributed by atoms with Crippen molar-refractivity contribution in [2.45, 2.75) is 0 Å². The minimum absolute atomic E-state index is 0.338. The third kappa shape index (κ3) is 1.05. The summed E-state index contributed by atoms with van der Waals surface area (Å²) in [5.74, 6) is -0.384. The van der Waals surface area contributed by atoms with Gasteiger partial charge in [-0.3, -0.25) is 0 Å².